The zero-order chi connectivity index (χ0) is 19.4. The first kappa shape index (κ1) is 20.4. The summed E-state index contributed by atoms with van der Waals surface area (Å²) in [7, 11) is 1.84. The summed E-state index contributed by atoms with van der Waals surface area (Å²) in [5.41, 5.74) is 0.147. The molecule has 1 saturated carbocycles. The van der Waals surface area contributed by atoms with E-state index in [1.807, 2.05) is 7.05 Å². The van der Waals surface area contributed by atoms with Crippen molar-refractivity contribution in [2.75, 3.05) is 39.8 Å². The maximum atomic E-state index is 11.9. The molecule has 0 aromatic carbocycles. The van der Waals surface area contributed by atoms with Crippen LogP contribution in [0.4, 0.5) is 0 Å². The highest BCUT2D eigenvalue weighted by Crippen LogP contribution is 2.52. The predicted molar refractivity (Wildman–Crippen MR) is 108 cm³/mol. The molecular formula is C20H37N5O2. The van der Waals surface area contributed by atoms with Crippen LogP contribution in [0.25, 0.3) is 0 Å². The van der Waals surface area contributed by atoms with Gasteiger partial charge in [-0.1, -0.05) is 20.8 Å². The highest BCUT2D eigenvalue weighted by molar-refractivity contribution is 5.80. The van der Waals surface area contributed by atoms with Crippen molar-refractivity contribution in [1.29, 1.82) is 0 Å². The molecule has 0 spiro atoms. The molecule has 3 rings (SSSR count). The Labute approximate surface area is 163 Å². The Bertz CT molecular complexity index is 542. The van der Waals surface area contributed by atoms with E-state index in [1.54, 1.807) is 0 Å². The summed E-state index contributed by atoms with van der Waals surface area (Å²) in [6.07, 6.45) is 4.57. The van der Waals surface area contributed by atoms with Crippen molar-refractivity contribution in [2.45, 2.75) is 64.6 Å². The van der Waals surface area contributed by atoms with Crippen molar-refractivity contribution in [2.24, 2.45) is 16.3 Å². The second kappa shape index (κ2) is 8.78. The average molecular weight is 380 g/mol. The van der Waals surface area contributed by atoms with Gasteiger partial charge in [0.05, 0.1) is 12.6 Å². The van der Waals surface area contributed by atoms with Crippen LogP contribution in [0.15, 0.2) is 4.99 Å². The Kier molecular flexibility index (Phi) is 6.63. The standard InChI is InChI=1S/C20H37N5O2/c1-5-9-22-16(26)13-25-10-6-14(7-11-25)23-19(21-4)24-17-15-8-12-27-18(15)20(17,2)3/h14-15,17-18H,5-13H2,1-4H3,(H,22,26)(H2,21,23,24). The highest BCUT2D eigenvalue weighted by atomic mass is 16.5. The Morgan fingerprint density at radius 1 is 1.22 bits per heavy atom. The fraction of sp³-hybridized carbons (Fsp3) is 0.900. The van der Waals surface area contributed by atoms with Crippen LogP contribution in [0, 0.1) is 11.3 Å². The maximum absolute atomic E-state index is 11.9. The van der Waals surface area contributed by atoms with Gasteiger partial charge in [0.15, 0.2) is 5.96 Å². The van der Waals surface area contributed by atoms with Crippen molar-refractivity contribution in [3.8, 4) is 0 Å². The minimum Gasteiger partial charge on any atom is -0.377 e. The Balaban J connectivity index is 1.42. The fourth-order valence-electron chi connectivity index (χ4n) is 4.89. The Morgan fingerprint density at radius 2 is 1.96 bits per heavy atom. The summed E-state index contributed by atoms with van der Waals surface area (Å²) in [6, 6.07) is 0.823. The number of likely N-dealkylation sites (tertiary alicyclic amines) is 1. The van der Waals surface area contributed by atoms with Crippen LogP contribution >= 0.6 is 0 Å². The first-order valence-electron chi connectivity index (χ1n) is 10.6. The fourth-order valence-corrected chi connectivity index (χ4v) is 4.89. The van der Waals surface area contributed by atoms with Crippen molar-refractivity contribution in [3.05, 3.63) is 0 Å². The third kappa shape index (κ3) is 4.57. The molecule has 7 nitrogen and oxygen atoms in total. The summed E-state index contributed by atoms with van der Waals surface area (Å²) < 4.78 is 5.89. The van der Waals surface area contributed by atoms with Crippen LogP contribution < -0.4 is 16.0 Å². The Hall–Kier alpha value is -1.34. The molecule has 154 valence electrons. The topological polar surface area (TPSA) is 78.0 Å². The molecule has 0 radical (unpaired) electrons. The molecule has 3 atom stereocenters. The predicted octanol–water partition coefficient (Wildman–Crippen LogP) is 0.956. The van der Waals surface area contributed by atoms with Gasteiger partial charge >= 0.3 is 0 Å². The lowest BCUT2D eigenvalue weighted by atomic mass is 9.57. The van der Waals surface area contributed by atoms with E-state index in [0.29, 0.717) is 30.7 Å². The molecular weight excluding hydrogens is 342 g/mol. The van der Waals surface area contributed by atoms with E-state index < -0.39 is 0 Å². The highest BCUT2D eigenvalue weighted by Gasteiger charge is 2.59. The molecule has 7 heteroatoms. The molecule has 3 fully saturated rings. The molecule has 2 aliphatic heterocycles. The van der Waals surface area contributed by atoms with Gasteiger partial charge < -0.3 is 20.7 Å². The third-order valence-corrected chi connectivity index (χ3v) is 6.48. The quantitative estimate of drug-likeness (QED) is 0.473. The summed E-state index contributed by atoms with van der Waals surface area (Å²) in [6.45, 7) is 10.7. The van der Waals surface area contributed by atoms with E-state index in [0.717, 1.165) is 57.9 Å². The number of nitrogens with zero attached hydrogens (tertiary/aromatic N) is 2. The second-order valence-electron chi connectivity index (χ2n) is 8.80. The molecule has 3 N–H and O–H groups in total. The number of guanidine groups is 1. The van der Waals surface area contributed by atoms with Gasteiger partial charge in [-0.15, -0.1) is 0 Å². The number of aliphatic imine (C=N–C) groups is 1. The van der Waals surface area contributed by atoms with E-state index in [2.05, 4.69) is 46.6 Å². The van der Waals surface area contributed by atoms with E-state index >= 15 is 0 Å². The zero-order valence-corrected chi connectivity index (χ0v) is 17.4. The van der Waals surface area contributed by atoms with Gasteiger partial charge in [-0.25, -0.2) is 0 Å². The third-order valence-electron chi connectivity index (χ3n) is 6.48. The summed E-state index contributed by atoms with van der Waals surface area (Å²) in [5.74, 6) is 1.64. The lowest BCUT2D eigenvalue weighted by molar-refractivity contribution is -0.122. The van der Waals surface area contributed by atoms with Crippen molar-refractivity contribution in [1.82, 2.24) is 20.9 Å². The number of ether oxygens (including phenoxy) is 1. The van der Waals surface area contributed by atoms with Gasteiger partial charge in [0.25, 0.3) is 0 Å². The van der Waals surface area contributed by atoms with Gasteiger partial charge in [0.1, 0.15) is 0 Å². The normalized spacial score (nSPS) is 31.1. The number of piperidine rings is 1. The lowest BCUT2D eigenvalue weighted by Gasteiger charge is -2.55. The van der Waals surface area contributed by atoms with Crippen molar-refractivity contribution >= 4 is 11.9 Å². The maximum Gasteiger partial charge on any atom is 0.234 e. The van der Waals surface area contributed by atoms with Crippen LogP contribution in [-0.4, -0.2) is 74.8 Å². The number of rotatable bonds is 6. The molecule has 0 aromatic heterocycles. The number of nitrogens with one attached hydrogen (secondary N) is 3. The molecule has 0 bridgehead atoms. The Morgan fingerprint density at radius 3 is 2.63 bits per heavy atom. The monoisotopic (exact) mass is 379 g/mol. The summed E-state index contributed by atoms with van der Waals surface area (Å²) >= 11 is 0. The minimum absolute atomic E-state index is 0.140. The molecule has 2 heterocycles. The SMILES string of the molecule is CCCNC(=O)CN1CCC(NC(=NC)NC2C3CCOC3C2(C)C)CC1. The first-order valence-corrected chi connectivity index (χ1v) is 10.6. The smallest absolute Gasteiger partial charge is 0.234 e. The van der Waals surface area contributed by atoms with Crippen molar-refractivity contribution in [3.63, 3.8) is 0 Å². The molecule has 0 aromatic rings. The second-order valence-corrected chi connectivity index (χ2v) is 8.80. The van der Waals surface area contributed by atoms with Crippen LogP contribution in [0.5, 0.6) is 0 Å². The number of hydrogen-bond donors (Lipinski definition) is 3. The van der Waals surface area contributed by atoms with Gasteiger partial charge in [-0.05, 0) is 25.7 Å². The molecule has 27 heavy (non-hydrogen) atoms. The number of amides is 1. The van der Waals surface area contributed by atoms with Crippen LogP contribution in [0.2, 0.25) is 0 Å². The van der Waals surface area contributed by atoms with Crippen LogP contribution in [0.1, 0.15) is 46.5 Å². The van der Waals surface area contributed by atoms with E-state index in [-0.39, 0.29) is 11.3 Å². The zero-order valence-electron chi connectivity index (χ0n) is 17.4. The molecule has 1 aliphatic carbocycles. The lowest BCUT2D eigenvalue weighted by Crippen LogP contribution is -2.68. The number of hydrogen-bond acceptors (Lipinski definition) is 4. The van der Waals surface area contributed by atoms with Gasteiger partial charge in [-0.2, -0.15) is 0 Å². The molecule has 3 unspecified atom stereocenters. The first-order chi connectivity index (χ1) is 13.0. The number of carbonyl (C=O) groups excluding carboxylic acids is 1. The van der Waals surface area contributed by atoms with Crippen LogP contribution in [-0.2, 0) is 9.53 Å². The van der Waals surface area contributed by atoms with Gasteiger partial charge in [0.2, 0.25) is 5.91 Å². The summed E-state index contributed by atoms with van der Waals surface area (Å²) in [4.78, 5) is 18.6. The van der Waals surface area contributed by atoms with Crippen LogP contribution in [0.3, 0.4) is 0 Å². The average Bonchev–Trinajstić information content (AvgIpc) is 3.12. The van der Waals surface area contributed by atoms with E-state index in [4.69, 9.17) is 4.74 Å². The summed E-state index contributed by atoms with van der Waals surface area (Å²) in [5, 5.41) is 10.2. The molecule has 1 amide bonds. The van der Waals surface area contributed by atoms with Crippen molar-refractivity contribution < 1.29 is 9.53 Å². The van der Waals surface area contributed by atoms with E-state index in [1.165, 1.54) is 0 Å². The number of fused-ring (bicyclic) bond motifs is 1. The van der Waals surface area contributed by atoms with E-state index in [9.17, 15) is 4.79 Å². The van der Waals surface area contributed by atoms with Gasteiger partial charge in [-0.3, -0.25) is 14.7 Å². The van der Waals surface area contributed by atoms with Gasteiger partial charge in [0, 0.05) is 56.7 Å². The number of carbonyl (C=O) groups is 1. The largest absolute Gasteiger partial charge is 0.377 e. The molecule has 2 saturated heterocycles. The minimum atomic E-state index is 0.140. The molecule has 3 aliphatic rings.